The monoisotopic (exact) mass is 618 g/mol. The summed E-state index contributed by atoms with van der Waals surface area (Å²) in [5.41, 5.74) is 0. The van der Waals surface area contributed by atoms with E-state index in [-0.39, 0.29) is 0 Å². The first kappa shape index (κ1) is 42.9. The van der Waals surface area contributed by atoms with Crippen molar-refractivity contribution in [2.24, 2.45) is 0 Å². The van der Waals surface area contributed by atoms with Crippen molar-refractivity contribution in [3.63, 3.8) is 0 Å². The molecule has 0 aromatic carbocycles. The molecule has 1 heteroatoms. The summed E-state index contributed by atoms with van der Waals surface area (Å²) in [6.45, 7) is 4.61. The number of allylic oxidation sites excluding steroid dienone is 2. The van der Waals surface area contributed by atoms with Crippen LogP contribution in [0.2, 0.25) is 0 Å². The van der Waals surface area contributed by atoms with E-state index < -0.39 is 0 Å². The van der Waals surface area contributed by atoms with Crippen LogP contribution in [-0.4, -0.2) is 0 Å². The van der Waals surface area contributed by atoms with Gasteiger partial charge in [0.05, 0.1) is 0 Å². The number of unbranched alkanes of at least 4 members (excludes halogenated alkanes) is 34. The molecule has 0 amide bonds. The predicted molar refractivity (Wildman–Crippen MR) is 203 cm³/mol. The van der Waals surface area contributed by atoms with Gasteiger partial charge in [-0.3, -0.25) is 0 Å². The molecule has 0 fully saturated rings. The van der Waals surface area contributed by atoms with Gasteiger partial charge in [0.25, 0.3) is 0 Å². The van der Waals surface area contributed by atoms with Gasteiger partial charge in [0.1, 0.15) is 0 Å². The van der Waals surface area contributed by atoms with Gasteiger partial charge in [-0.05, 0) is 34.3 Å². The summed E-state index contributed by atoms with van der Waals surface area (Å²) in [5.74, 6) is 4.72. The van der Waals surface area contributed by atoms with Crippen molar-refractivity contribution >= 4 is 8.58 Å². The lowest BCUT2D eigenvalue weighted by Crippen LogP contribution is -1.83. The standard InChI is InChI=1S/C42H82P/c1-3-5-7-9-11-13-15-17-19-21-23-25-27-29-31-33-35-37-39-41-43-42-40-38-36-34-32-30-28-26-24-22-20-18-16-14-12-10-8-6-4-2/h39-42H,3-38H2,1-2H3/b41-39+,42-40+. The molecule has 0 aliphatic carbocycles. The van der Waals surface area contributed by atoms with Crippen LogP contribution < -0.4 is 0 Å². The zero-order chi connectivity index (χ0) is 31.0. The van der Waals surface area contributed by atoms with Crippen LogP contribution in [0.4, 0.5) is 0 Å². The topological polar surface area (TPSA) is 0 Å². The molecule has 0 aliphatic rings. The molecule has 0 N–H and O–H groups in total. The fourth-order valence-electron chi connectivity index (χ4n) is 6.29. The molecule has 0 bridgehead atoms. The van der Waals surface area contributed by atoms with Gasteiger partial charge in [-0.1, -0.05) is 243 Å². The van der Waals surface area contributed by atoms with Gasteiger partial charge in [-0.2, -0.15) is 0 Å². The van der Waals surface area contributed by atoms with E-state index >= 15 is 0 Å². The molecule has 1 radical (unpaired) electrons. The Hall–Kier alpha value is -0.0900. The van der Waals surface area contributed by atoms with Crippen LogP contribution in [-0.2, 0) is 0 Å². The highest BCUT2D eigenvalue weighted by atomic mass is 31.1. The molecule has 0 atom stereocenters. The zero-order valence-electron chi connectivity index (χ0n) is 30.2. The Labute approximate surface area is 276 Å². The molecule has 0 heterocycles. The van der Waals surface area contributed by atoms with Crippen molar-refractivity contribution < 1.29 is 0 Å². The Balaban J connectivity index is 3.14. The van der Waals surface area contributed by atoms with Gasteiger partial charge in [0.2, 0.25) is 0 Å². The van der Waals surface area contributed by atoms with E-state index in [0.29, 0.717) is 0 Å². The third-order valence-electron chi connectivity index (χ3n) is 9.33. The Morgan fingerprint density at radius 3 is 0.651 bits per heavy atom. The molecule has 0 aromatic heterocycles. The average Bonchev–Trinajstić information content (AvgIpc) is 3.02. The van der Waals surface area contributed by atoms with Crippen molar-refractivity contribution in [3.8, 4) is 0 Å². The highest BCUT2D eigenvalue weighted by molar-refractivity contribution is 7.45. The molecule has 0 rings (SSSR count). The summed E-state index contributed by atoms with van der Waals surface area (Å²) in [6, 6.07) is 0. The fourth-order valence-corrected chi connectivity index (χ4v) is 6.94. The normalized spacial score (nSPS) is 12.0. The summed E-state index contributed by atoms with van der Waals surface area (Å²) < 4.78 is 0. The van der Waals surface area contributed by atoms with E-state index in [0.717, 1.165) is 0 Å². The molecule has 0 aromatic rings. The van der Waals surface area contributed by atoms with Crippen molar-refractivity contribution in [1.29, 1.82) is 0 Å². The second kappa shape index (κ2) is 41.9. The first-order valence-electron chi connectivity index (χ1n) is 20.4. The SMILES string of the molecule is CCCCCCCCCCCCCCCCCCC/C=C/[P]/C=C/CCCCCCCCCCCCCCCCCCC. The van der Waals surface area contributed by atoms with Gasteiger partial charge in [0, 0.05) is 0 Å². The fraction of sp³-hybridized carbons (Fsp3) is 0.905. The van der Waals surface area contributed by atoms with Gasteiger partial charge < -0.3 is 0 Å². The van der Waals surface area contributed by atoms with Crippen LogP contribution in [0.15, 0.2) is 23.8 Å². The van der Waals surface area contributed by atoms with Crippen molar-refractivity contribution in [1.82, 2.24) is 0 Å². The van der Waals surface area contributed by atoms with E-state index in [1.54, 1.807) is 0 Å². The third kappa shape index (κ3) is 41.9. The van der Waals surface area contributed by atoms with Gasteiger partial charge in [-0.25, -0.2) is 0 Å². The van der Waals surface area contributed by atoms with Crippen molar-refractivity contribution in [2.45, 2.75) is 245 Å². The van der Waals surface area contributed by atoms with Crippen LogP contribution >= 0.6 is 8.58 Å². The van der Waals surface area contributed by atoms with Crippen LogP contribution in [0.1, 0.15) is 245 Å². The van der Waals surface area contributed by atoms with Gasteiger partial charge >= 0.3 is 0 Å². The van der Waals surface area contributed by atoms with E-state index in [4.69, 9.17) is 0 Å². The first-order chi connectivity index (χ1) is 21.4. The summed E-state index contributed by atoms with van der Waals surface area (Å²) in [7, 11) is 1.38. The maximum atomic E-state index is 2.41. The summed E-state index contributed by atoms with van der Waals surface area (Å²) >= 11 is 0. The average molecular weight is 618 g/mol. The molecule has 0 spiro atoms. The van der Waals surface area contributed by atoms with Crippen LogP contribution in [0.3, 0.4) is 0 Å². The largest absolute Gasteiger partial charge is 0.0834 e. The number of rotatable bonds is 38. The summed E-state index contributed by atoms with van der Waals surface area (Å²) in [4.78, 5) is 0. The van der Waals surface area contributed by atoms with Crippen molar-refractivity contribution in [3.05, 3.63) is 23.8 Å². The molecular weight excluding hydrogens is 535 g/mol. The van der Waals surface area contributed by atoms with Crippen LogP contribution in [0, 0.1) is 0 Å². The minimum absolute atomic E-state index is 1.28. The summed E-state index contributed by atoms with van der Waals surface area (Å²) in [6.07, 6.45) is 56.9. The summed E-state index contributed by atoms with van der Waals surface area (Å²) in [5, 5.41) is 0. The number of hydrogen-bond acceptors (Lipinski definition) is 0. The lowest BCUT2D eigenvalue weighted by molar-refractivity contribution is 0.527. The quantitative estimate of drug-likeness (QED) is 0.0477. The highest BCUT2D eigenvalue weighted by Gasteiger charge is 1.96. The molecule has 43 heavy (non-hydrogen) atoms. The van der Waals surface area contributed by atoms with E-state index in [9.17, 15) is 0 Å². The Kier molecular flexibility index (Phi) is 41.8. The molecular formula is C42H82P. The Morgan fingerprint density at radius 1 is 0.256 bits per heavy atom. The molecule has 0 nitrogen and oxygen atoms in total. The number of hydrogen-bond donors (Lipinski definition) is 0. The molecule has 255 valence electrons. The van der Waals surface area contributed by atoms with E-state index in [2.05, 4.69) is 37.6 Å². The first-order valence-corrected chi connectivity index (χ1v) is 21.4. The van der Waals surface area contributed by atoms with E-state index in [1.807, 2.05) is 0 Å². The van der Waals surface area contributed by atoms with Crippen molar-refractivity contribution in [2.75, 3.05) is 0 Å². The van der Waals surface area contributed by atoms with E-state index in [1.165, 1.54) is 240 Å². The maximum absolute atomic E-state index is 2.41. The molecule has 0 aliphatic heterocycles. The molecule has 0 unspecified atom stereocenters. The molecule has 0 saturated heterocycles. The zero-order valence-corrected chi connectivity index (χ0v) is 31.1. The lowest BCUT2D eigenvalue weighted by atomic mass is 10.0. The maximum Gasteiger partial charge on any atom is -0.0267 e. The predicted octanol–water partition coefficient (Wildman–Crippen LogP) is 17.0. The minimum atomic E-state index is 1.28. The third-order valence-corrected chi connectivity index (χ3v) is 10.1. The van der Waals surface area contributed by atoms with Gasteiger partial charge in [-0.15, -0.1) is 0 Å². The second-order valence-corrected chi connectivity index (χ2v) is 14.7. The smallest absolute Gasteiger partial charge is 0.0267 e. The molecule has 0 saturated carbocycles. The Morgan fingerprint density at radius 2 is 0.442 bits per heavy atom. The Bertz CT molecular complexity index is 475. The van der Waals surface area contributed by atoms with Gasteiger partial charge in [0.15, 0.2) is 0 Å². The highest BCUT2D eigenvalue weighted by Crippen LogP contribution is 2.18. The second-order valence-electron chi connectivity index (χ2n) is 13.8. The van der Waals surface area contributed by atoms with Crippen LogP contribution in [0.5, 0.6) is 0 Å². The van der Waals surface area contributed by atoms with Crippen LogP contribution in [0.25, 0.3) is 0 Å². The minimum Gasteiger partial charge on any atom is -0.0834 e. The lowest BCUT2D eigenvalue weighted by Gasteiger charge is -2.03.